The molecule has 1 N–H and O–H groups in total. The van der Waals surface area contributed by atoms with Crippen molar-refractivity contribution in [3.8, 4) is 11.5 Å². The second-order valence-corrected chi connectivity index (χ2v) is 6.39. The average molecular weight is 384 g/mol. The maximum atomic E-state index is 12.6. The van der Waals surface area contributed by atoms with Crippen molar-refractivity contribution in [2.45, 2.75) is 26.7 Å². The number of anilines is 1. The Balaban J connectivity index is 2.12. The first-order valence-electron chi connectivity index (χ1n) is 9.46. The van der Waals surface area contributed by atoms with Crippen molar-refractivity contribution in [3.05, 3.63) is 53.6 Å². The molecule has 0 spiro atoms. The molecule has 0 bridgehead atoms. The molecule has 0 aromatic heterocycles. The predicted molar refractivity (Wildman–Crippen MR) is 110 cm³/mol. The van der Waals surface area contributed by atoms with Crippen LogP contribution in [0.25, 0.3) is 0 Å². The highest BCUT2D eigenvalue weighted by molar-refractivity contribution is 6.05. The summed E-state index contributed by atoms with van der Waals surface area (Å²) >= 11 is 0. The van der Waals surface area contributed by atoms with Gasteiger partial charge in [-0.05, 0) is 49.2 Å². The van der Waals surface area contributed by atoms with E-state index in [0.29, 0.717) is 28.3 Å². The smallest absolute Gasteiger partial charge is 0.255 e. The molecule has 2 aromatic carbocycles. The lowest BCUT2D eigenvalue weighted by Crippen LogP contribution is -2.32. The molecule has 0 unspecified atom stereocenters. The first-order chi connectivity index (χ1) is 13.5. The zero-order valence-corrected chi connectivity index (χ0v) is 17.0. The van der Waals surface area contributed by atoms with Gasteiger partial charge in [0.15, 0.2) is 0 Å². The number of nitrogens with zero attached hydrogens (tertiary/aromatic N) is 1. The molecule has 0 aliphatic heterocycles. The van der Waals surface area contributed by atoms with Crippen LogP contribution in [0.5, 0.6) is 11.5 Å². The number of amides is 2. The van der Waals surface area contributed by atoms with Crippen LogP contribution in [0.1, 0.15) is 47.4 Å². The van der Waals surface area contributed by atoms with Gasteiger partial charge in [0.25, 0.3) is 11.8 Å². The maximum Gasteiger partial charge on any atom is 0.255 e. The Kier molecular flexibility index (Phi) is 7.87. The summed E-state index contributed by atoms with van der Waals surface area (Å²) in [5, 5.41) is 2.83. The van der Waals surface area contributed by atoms with Crippen molar-refractivity contribution in [1.29, 1.82) is 0 Å². The Morgan fingerprint density at radius 3 is 2.04 bits per heavy atom. The summed E-state index contributed by atoms with van der Waals surface area (Å²) in [6.45, 7) is 5.56. The van der Waals surface area contributed by atoms with Gasteiger partial charge in [0, 0.05) is 30.3 Å². The minimum absolute atomic E-state index is 0.00696. The Labute approximate surface area is 166 Å². The van der Waals surface area contributed by atoms with Gasteiger partial charge >= 0.3 is 0 Å². The molecule has 2 rings (SSSR count). The lowest BCUT2D eigenvalue weighted by Gasteiger charge is -2.21. The molecule has 6 nitrogen and oxygen atoms in total. The summed E-state index contributed by atoms with van der Waals surface area (Å²) in [6, 6.07) is 11.9. The zero-order chi connectivity index (χ0) is 20.5. The van der Waals surface area contributed by atoms with Gasteiger partial charge < -0.3 is 19.7 Å². The van der Waals surface area contributed by atoms with Crippen LogP contribution in [0.2, 0.25) is 0 Å². The van der Waals surface area contributed by atoms with Gasteiger partial charge in [-0.1, -0.05) is 13.8 Å². The number of carbonyl (C=O) groups is 2. The second-order valence-electron chi connectivity index (χ2n) is 6.39. The number of hydrogen-bond acceptors (Lipinski definition) is 4. The average Bonchev–Trinajstić information content (AvgIpc) is 2.73. The lowest BCUT2D eigenvalue weighted by atomic mass is 10.1. The molecule has 0 atom stereocenters. The molecule has 0 heterocycles. The molecule has 0 fully saturated rings. The maximum absolute atomic E-state index is 12.6. The van der Waals surface area contributed by atoms with Crippen molar-refractivity contribution in [2.75, 3.05) is 32.6 Å². The Hall–Kier alpha value is -3.02. The van der Waals surface area contributed by atoms with Gasteiger partial charge in [-0.3, -0.25) is 9.59 Å². The monoisotopic (exact) mass is 384 g/mol. The first kappa shape index (κ1) is 21.3. The third-order valence-electron chi connectivity index (χ3n) is 4.33. The van der Waals surface area contributed by atoms with Gasteiger partial charge in [-0.2, -0.15) is 0 Å². The summed E-state index contributed by atoms with van der Waals surface area (Å²) in [6.07, 6.45) is 1.83. The number of rotatable bonds is 9. The molecular formula is C22H28N2O4. The third kappa shape index (κ3) is 5.25. The van der Waals surface area contributed by atoms with Crippen LogP contribution < -0.4 is 14.8 Å². The van der Waals surface area contributed by atoms with Crippen LogP contribution in [0.3, 0.4) is 0 Å². The van der Waals surface area contributed by atoms with Crippen molar-refractivity contribution in [1.82, 2.24) is 4.90 Å². The van der Waals surface area contributed by atoms with E-state index in [0.717, 1.165) is 25.9 Å². The van der Waals surface area contributed by atoms with E-state index in [1.165, 1.54) is 7.11 Å². The Morgan fingerprint density at radius 1 is 0.893 bits per heavy atom. The van der Waals surface area contributed by atoms with Crippen LogP contribution >= 0.6 is 0 Å². The van der Waals surface area contributed by atoms with Gasteiger partial charge in [0.05, 0.1) is 19.9 Å². The zero-order valence-electron chi connectivity index (χ0n) is 17.0. The molecule has 2 aromatic rings. The topological polar surface area (TPSA) is 67.9 Å². The highest BCUT2D eigenvalue weighted by Crippen LogP contribution is 2.29. The van der Waals surface area contributed by atoms with E-state index >= 15 is 0 Å². The summed E-state index contributed by atoms with van der Waals surface area (Å²) in [5.74, 6) is 0.865. The molecule has 0 saturated heterocycles. The van der Waals surface area contributed by atoms with Crippen molar-refractivity contribution >= 4 is 17.5 Å². The van der Waals surface area contributed by atoms with E-state index in [1.807, 2.05) is 4.90 Å². The van der Waals surface area contributed by atoms with Gasteiger partial charge in [-0.25, -0.2) is 0 Å². The number of ether oxygens (including phenoxy) is 2. The van der Waals surface area contributed by atoms with Crippen molar-refractivity contribution in [3.63, 3.8) is 0 Å². The predicted octanol–water partition coefficient (Wildman–Crippen LogP) is 4.22. The molecule has 150 valence electrons. The Bertz CT molecular complexity index is 797. The van der Waals surface area contributed by atoms with Crippen molar-refractivity contribution < 1.29 is 19.1 Å². The number of methoxy groups -OCH3 is 2. The minimum atomic E-state index is -0.276. The number of carbonyl (C=O) groups excluding carboxylic acids is 2. The fraction of sp³-hybridized carbons (Fsp3) is 0.364. The van der Waals surface area contributed by atoms with E-state index in [4.69, 9.17) is 9.47 Å². The molecule has 28 heavy (non-hydrogen) atoms. The summed E-state index contributed by atoms with van der Waals surface area (Å²) in [7, 11) is 3.10. The van der Waals surface area contributed by atoms with Crippen LogP contribution in [-0.2, 0) is 0 Å². The molecule has 6 heteroatoms. The van der Waals surface area contributed by atoms with Gasteiger partial charge in [0.2, 0.25) is 0 Å². The molecule has 0 aliphatic carbocycles. The number of nitrogens with one attached hydrogen (secondary N) is 1. The van der Waals surface area contributed by atoms with Gasteiger partial charge in [0.1, 0.15) is 11.5 Å². The summed E-state index contributed by atoms with van der Waals surface area (Å²) in [4.78, 5) is 27.0. The standard InChI is InChI=1S/C22H28N2O4/c1-5-13-24(14-6-2)22(26)17-9-7-16(8-10-17)21(25)23-19-12-11-18(27-3)15-20(19)28-4/h7-12,15H,5-6,13-14H2,1-4H3,(H,23,25). The van der Waals surface area contributed by atoms with E-state index in [9.17, 15) is 9.59 Å². The highest BCUT2D eigenvalue weighted by atomic mass is 16.5. The minimum Gasteiger partial charge on any atom is -0.497 e. The SMILES string of the molecule is CCCN(CCC)C(=O)c1ccc(C(=O)Nc2ccc(OC)cc2OC)cc1. The fourth-order valence-electron chi connectivity index (χ4n) is 2.90. The molecular weight excluding hydrogens is 356 g/mol. The van der Waals surface area contributed by atoms with E-state index < -0.39 is 0 Å². The Morgan fingerprint density at radius 2 is 1.50 bits per heavy atom. The molecule has 0 aliphatic rings. The van der Waals surface area contributed by atoms with Crippen LogP contribution in [-0.4, -0.2) is 44.0 Å². The van der Waals surface area contributed by atoms with Crippen LogP contribution in [0.4, 0.5) is 5.69 Å². The molecule has 0 saturated carbocycles. The summed E-state index contributed by atoms with van der Waals surface area (Å²) in [5.41, 5.74) is 1.60. The van der Waals surface area contributed by atoms with Crippen molar-refractivity contribution in [2.24, 2.45) is 0 Å². The largest absolute Gasteiger partial charge is 0.497 e. The highest BCUT2D eigenvalue weighted by Gasteiger charge is 2.16. The normalized spacial score (nSPS) is 10.3. The lowest BCUT2D eigenvalue weighted by molar-refractivity contribution is 0.0755. The number of hydrogen-bond donors (Lipinski definition) is 1. The van der Waals surface area contributed by atoms with Gasteiger partial charge in [-0.15, -0.1) is 0 Å². The van der Waals surface area contributed by atoms with E-state index in [-0.39, 0.29) is 11.8 Å². The quantitative estimate of drug-likeness (QED) is 0.703. The first-order valence-corrected chi connectivity index (χ1v) is 9.46. The molecule has 0 radical (unpaired) electrons. The van der Waals surface area contributed by atoms with E-state index in [1.54, 1.807) is 49.6 Å². The fourth-order valence-corrected chi connectivity index (χ4v) is 2.90. The third-order valence-corrected chi connectivity index (χ3v) is 4.33. The van der Waals surface area contributed by atoms with Crippen LogP contribution in [0.15, 0.2) is 42.5 Å². The molecule has 2 amide bonds. The summed E-state index contributed by atoms with van der Waals surface area (Å²) < 4.78 is 10.5. The van der Waals surface area contributed by atoms with Crippen LogP contribution in [0, 0.1) is 0 Å². The number of benzene rings is 2. The second kappa shape index (κ2) is 10.3. The van der Waals surface area contributed by atoms with E-state index in [2.05, 4.69) is 19.2 Å².